The second kappa shape index (κ2) is 9.59. The summed E-state index contributed by atoms with van der Waals surface area (Å²) in [6.07, 6.45) is 2.33. The van der Waals surface area contributed by atoms with Gasteiger partial charge in [-0.15, -0.1) is 21.5 Å². The molecule has 7 nitrogen and oxygen atoms in total. The number of ether oxygens (including phenoxy) is 1. The molecule has 30 heavy (non-hydrogen) atoms. The number of rotatable bonds is 9. The Hall–Kier alpha value is -2.43. The van der Waals surface area contributed by atoms with Crippen LogP contribution < -0.4 is 10.6 Å². The van der Waals surface area contributed by atoms with Gasteiger partial charge in [0, 0.05) is 10.9 Å². The molecule has 4 rings (SSSR count). The normalized spacial score (nSPS) is 13.1. The van der Waals surface area contributed by atoms with Crippen molar-refractivity contribution in [3.8, 4) is 10.4 Å². The van der Waals surface area contributed by atoms with Crippen LogP contribution in [0.25, 0.3) is 10.4 Å². The fourth-order valence-electron chi connectivity index (χ4n) is 2.62. The van der Waals surface area contributed by atoms with Gasteiger partial charge in [0.25, 0.3) is 0 Å². The number of carbonyl (C=O) groups excluding carboxylic acids is 2. The third-order valence-corrected chi connectivity index (χ3v) is 7.32. The number of nitrogens with one attached hydrogen (secondary N) is 2. The number of carbonyl (C=O) groups is 2. The highest BCUT2D eigenvalue weighted by Crippen LogP contribution is 2.36. The van der Waals surface area contributed by atoms with Crippen LogP contribution in [0.4, 0.5) is 10.8 Å². The average molecular weight is 461 g/mol. The van der Waals surface area contributed by atoms with Crippen molar-refractivity contribution >= 4 is 57.1 Å². The predicted octanol–water partition coefficient (Wildman–Crippen LogP) is 4.75. The predicted molar refractivity (Wildman–Crippen MR) is 122 cm³/mol. The third kappa shape index (κ3) is 5.38. The number of thiophene rings is 1. The van der Waals surface area contributed by atoms with E-state index >= 15 is 0 Å². The lowest BCUT2D eigenvalue weighted by Gasteiger charge is -2.05. The first-order valence-electron chi connectivity index (χ1n) is 9.51. The number of nitrogens with zero attached hydrogens (tertiary/aromatic N) is 2. The van der Waals surface area contributed by atoms with Gasteiger partial charge in [-0.2, -0.15) is 0 Å². The molecule has 10 heteroatoms. The van der Waals surface area contributed by atoms with E-state index in [1.807, 2.05) is 36.4 Å². The topological polar surface area (TPSA) is 93.2 Å². The van der Waals surface area contributed by atoms with Gasteiger partial charge < -0.3 is 15.4 Å². The maximum atomic E-state index is 12.5. The zero-order valence-electron chi connectivity index (χ0n) is 16.2. The van der Waals surface area contributed by atoms with Crippen molar-refractivity contribution < 1.29 is 14.3 Å². The molecule has 1 saturated carbocycles. The molecular weight excluding hydrogens is 440 g/mol. The lowest BCUT2D eigenvalue weighted by molar-refractivity contribution is -0.113. The van der Waals surface area contributed by atoms with Gasteiger partial charge in [0.1, 0.15) is 4.88 Å². The second-order valence-electron chi connectivity index (χ2n) is 6.57. The quantitative estimate of drug-likeness (QED) is 0.352. The van der Waals surface area contributed by atoms with E-state index < -0.39 is 5.97 Å². The summed E-state index contributed by atoms with van der Waals surface area (Å²) in [6.45, 7) is 2.03. The van der Waals surface area contributed by atoms with Gasteiger partial charge in [0.2, 0.25) is 11.0 Å². The van der Waals surface area contributed by atoms with Crippen LogP contribution in [0.5, 0.6) is 0 Å². The van der Waals surface area contributed by atoms with Crippen molar-refractivity contribution in [3.63, 3.8) is 0 Å². The molecule has 1 fully saturated rings. The Morgan fingerprint density at radius 2 is 2.00 bits per heavy atom. The molecule has 2 N–H and O–H groups in total. The van der Waals surface area contributed by atoms with E-state index in [1.165, 1.54) is 47.3 Å². The summed E-state index contributed by atoms with van der Waals surface area (Å²) in [6, 6.07) is 12.1. The van der Waals surface area contributed by atoms with E-state index in [9.17, 15) is 9.59 Å². The minimum atomic E-state index is -0.437. The van der Waals surface area contributed by atoms with Gasteiger partial charge in [0.15, 0.2) is 4.34 Å². The van der Waals surface area contributed by atoms with Crippen molar-refractivity contribution in [2.75, 3.05) is 23.0 Å². The lowest BCUT2D eigenvalue weighted by Crippen LogP contribution is -2.16. The molecule has 2 heterocycles. The fraction of sp³-hybridized carbons (Fsp3) is 0.300. The van der Waals surface area contributed by atoms with Gasteiger partial charge >= 0.3 is 5.97 Å². The number of amides is 1. The van der Waals surface area contributed by atoms with Crippen molar-refractivity contribution in [2.24, 2.45) is 0 Å². The van der Waals surface area contributed by atoms with E-state index in [-0.39, 0.29) is 18.3 Å². The first-order valence-corrected chi connectivity index (χ1v) is 12.1. The van der Waals surface area contributed by atoms with Crippen LogP contribution in [0.15, 0.2) is 40.7 Å². The van der Waals surface area contributed by atoms with Crippen LogP contribution in [-0.2, 0) is 9.53 Å². The molecule has 0 bridgehead atoms. The van der Waals surface area contributed by atoms with Gasteiger partial charge in [0.05, 0.1) is 18.0 Å². The average Bonchev–Trinajstić information content (AvgIpc) is 3.28. The van der Waals surface area contributed by atoms with Gasteiger partial charge in [-0.05, 0) is 31.4 Å². The largest absolute Gasteiger partial charge is 0.462 e. The number of hydrogen-bond acceptors (Lipinski definition) is 9. The van der Waals surface area contributed by atoms with Gasteiger partial charge in [-0.25, -0.2) is 4.79 Å². The van der Waals surface area contributed by atoms with Crippen LogP contribution in [-0.4, -0.2) is 40.5 Å². The van der Waals surface area contributed by atoms with E-state index in [4.69, 9.17) is 4.74 Å². The van der Waals surface area contributed by atoms with Crippen LogP contribution >= 0.6 is 34.4 Å². The maximum Gasteiger partial charge on any atom is 0.350 e. The zero-order chi connectivity index (χ0) is 20.9. The molecule has 1 aliphatic rings. The molecule has 1 aliphatic carbocycles. The molecule has 0 spiro atoms. The highest BCUT2D eigenvalue weighted by atomic mass is 32.2. The first-order chi connectivity index (χ1) is 14.6. The standard InChI is InChI=1S/C20H20N4O3S3/c1-2-27-18(26)17-14(10-15(29-17)12-6-4-3-5-7-12)22-16(25)11-28-20-24-23-19(30-20)21-13-8-9-13/h3-7,10,13H,2,8-9,11H2,1H3,(H,21,23)(H,22,25). The number of hydrogen-bond donors (Lipinski definition) is 2. The number of aromatic nitrogens is 2. The summed E-state index contributed by atoms with van der Waals surface area (Å²) in [7, 11) is 0. The third-order valence-electron chi connectivity index (χ3n) is 4.16. The Bertz CT molecular complexity index is 1030. The molecule has 1 aromatic carbocycles. The highest BCUT2D eigenvalue weighted by molar-refractivity contribution is 8.01. The zero-order valence-corrected chi connectivity index (χ0v) is 18.7. The van der Waals surface area contributed by atoms with E-state index in [1.54, 1.807) is 6.92 Å². The van der Waals surface area contributed by atoms with Crippen molar-refractivity contribution in [2.45, 2.75) is 30.1 Å². The summed E-state index contributed by atoms with van der Waals surface area (Å²) >= 11 is 4.07. The van der Waals surface area contributed by atoms with Crippen molar-refractivity contribution in [1.29, 1.82) is 0 Å². The SMILES string of the molecule is CCOC(=O)c1sc(-c2ccccc2)cc1NC(=O)CSc1nnc(NC2CC2)s1. The first kappa shape index (κ1) is 20.8. The van der Waals surface area contributed by atoms with Gasteiger partial charge in [-0.1, -0.05) is 53.4 Å². The molecule has 3 aromatic rings. The fourth-order valence-corrected chi connectivity index (χ4v) is 5.26. The van der Waals surface area contributed by atoms with Crippen molar-refractivity contribution in [3.05, 3.63) is 41.3 Å². The Labute approximate surface area is 186 Å². The highest BCUT2D eigenvalue weighted by Gasteiger charge is 2.23. The van der Waals surface area contributed by atoms with Crippen LogP contribution in [0.1, 0.15) is 29.4 Å². The number of thioether (sulfide) groups is 1. The summed E-state index contributed by atoms with van der Waals surface area (Å²) < 4.78 is 5.89. The molecule has 1 amide bonds. The molecule has 156 valence electrons. The molecular formula is C20H20N4O3S3. The summed E-state index contributed by atoms with van der Waals surface area (Å²) in [5, 5.41) is 15.1. The summed E-state index contributed by atoms with van der Waals surface area (Å²) in [4.78, 5) is 26.2. The Balaban J connectivity index is 1.42. The van der Waals surface area contributed by atoms with E-state index in [2.05, 4.69) is 20.8 Å². The van der Waals surface area contributed by atoms with Crippen LogP contribution in [0.2, 0.25) is 0 Å². The maximum absolute atomic E-state index is 12.5. The Kier molecular flexibility index (Phi) is 6.66. The molecule has 0 unspecified atom stereocenters. The Morgan fingerprint density at radius 3 is 2.73 bits per heavy atom. The molecule has 0 saturated heterocycles. The summed E-state index contributed by atoms with van der Waals surface area (Å²) in [5.41, 5.74) is 1.45. The van der Waals surface area contributed by atoms with Crippen LogP contribution in [0, 0.1) is 0 Å². The Morgan fingerprint density at radius 1 is 1.20 bits per heavy atom. The van der Waals surface area contributed by atoms with Crippen LogP contribution in [0.3, 0.4) is 0 Å². The van der Waals surface area contributed by atoms with Crippen molar-refractivity contribution in [1.82, 2.24) is 10.2 Å². The van der Waals surface area contributed by atoms with E-state index in [0.717, 1.165) is 19.9 Å². The smallest absolute Gasteiger partial charge is 0.350 e. The molecule has 0 aliphatic heterocycles. The monoisotopic (exact) mass is 460 g/mol. The minimum absolute atomic E-state index is 0.177. The second-order valence-corrected chi connectivity index (χ2v) is 9.82. The molecule has 0 atom stereocenters. The minimum Gasteiger partial charge on any atom is -0.462 e. The van der Waals surface area contributed by atoms with Gasteiger partial charge in [-0.3, -0.25) is 4.79 Å². The summed E-state index contributed by atoms with van der Waals surface area (Å²) in [5.74, 6) is -0.473. The lowest BCUT2D eigenvalue weighted by atomic mass is 10.2. The van der Waals surface area contributed by atoms with E-state index in [0.29, 0.717) is 16.6 Å². The number of anilines is 2. The molecule has 2 aromatic heterocycles. The molecule has 0 radical (unpaired) electrons. The number of esters is 1. The number of benzene rings is 1.